The lowest BCUT2D eigenvalue weighted by atomic mass is 9.98. The smallest absolute Gasteiger partial charge is 0.407 e. The van der Waals surface area contributed by atoms with Gasteiger partial charge in [-0.1, -0.05) is 84.9 Å². The Morgan fingerprint density at radius 1 is 0.882 bits per heavy atom. The number of fused-ring (bicyclic) bond motifs is 3. The lowest BCUT2D eigenvalue weighted by Crippen LogP contribution is -2.32. The average Bonchev–Trinajstić information content (AvgIpc) is 3.18. The molecular formula is C27H24N2O5. The Balaban J connectivity index is 1.26. The zero-order chi connectivity index (χ0) is 23.9. The molecule has 0 fully saturated rings. The van der Waals surface area contributed by atoms with Crippen molar-refractivity contribution in [1.29, 1.82) is 0 Å². The van der Waals surface area contributed by atoms with Gasteiger partial charge in [0, 0.05) is 18.5 Å². The van der Waals surface area contributed by atoms with Gasteiger partial charge in [0.25, 0.3) is 0 Å². The van der Waals surface area contributed by atoms with Crippen LogP contribution in [0.4, 0.5) is 4.79 Å². The summed E-state index contributed by atoms with van der Waals surface area (Å²) >= 11 is 0. The minimum absolute atomic E-state index is 0.0367. The van der Waals surface area contributed by atoms with Crippen molar-refractivity contribution in [3.05, 3.63) is 108 Å². The van der Waals surface area contributed by atoms with Crippen LogP contribution in [0.25, 0.3) is 11.1 Å². The van der Waals surface area contributed by atoms with Gasteiger partial charge in [0.05, 0.1) is 0 Å². The number of carboxylic acids is 1. The number of carboxylic acid groups (broad SMARTS) is 1. The van der Waals surface area contributed by atoms with Gasteiger partial charge in [-0.25, -0.2) is 9.59 Å². The summed E-state index contributed by atoms with van der Waals surface area (Å²) in [7, 11) is 0. The van der Waals surface area contributed by atoms with Crippen LogP contribution in [0.3, 0.4) is 0 Å². The van der Waals surface area contributed by atoms with Gasteiger partial charge in [-0.15, -0.1) is 0 Å². The maximum absolute atomic E-state index is 12.2. The Bertz CT molecular complexity index is 1180. The van der Waals surface area contributed by atoms with E-state index in [1.54, 1.807) is 30.3 Å². The Morgan fingerprint density at radius 3 is 2.09 bits per heavy atom. The Hall–Kier alpha value is -4.39. The third-order valence-electron chi connectivity index (χ3n) is 5.64. The fraction of sp³-hybridized carbons (Fsp3) is 0.148. The molecule has 0 heterocycles. The number of ether oxygens (including phenoxy) is 1. The molecule has 3 aromatic carbocycles. The van der Waals surface area contributed by atoms with Gasteiger partial charge in [-0.05, 0) is 27.8 Å². The fourth-order valence-electron chi connectivity index (χ4n) is 4.08. The van der Waals surface area contributed by atoms with E-state index >= 15 is 0 Å². The number of aliphatic carboxylic acids is 1. The molecule has 0 spiro atoms. The van der Waals surface area contributed by atoms with E-state index in [2.05, 4.69) is 22.8 Å². The number of carbonyl (C=O) groups is 3. The van der Waals surface area contributed by atoms with Crippen molar-refractivity contribution in [2.75, 3.05) is 13.2 Å². The minimum Gasteiger partial charge on any atom is -0.479 e. The summed E-state index contributed by atoms with van der Waals surface area (Å²) in [5, 5.41) is 14.4. The van der Waals surface area contributed by atoms with Crippen molar-refractivity contribution in [2.45, 2.75) is 12.0 Å². The quantitative estimate of drug-likeness (QED) is 0.444. The van der Waals surface area contributed by atoms with E-state index in [1.807, 2.05) is 36.4 Å². The highest BCUT2D eigenvalue weighted by Crippen LogP contribution is 2.44. The lowest BCUT2D eigenvalue weighted by Gasteiger charge is -2.14. The van der Waals surface area contributed by atoms with Crippen LogP contribution in [0.2, 0.25) is 0 Å². The van der Waals surface area contributed by atoms with E-state index in [0.717, 1.165) is 22.3 Å². The molecular weight excluding hydrogens is 432 g/mol. The third-order valence-corrected chi connectivity index (χ3v) is 5.64. The molecule has 0 aliphatic heterocycles. The molecule has 1 aliphatic carbocycles. The summed E-state index contributed by atoms with van der Waals surface area (Å²) < 4.78 is 5.44. The lowest BCUT2D eigenvalue weighted by molar-refractivity contribution is -0.141. The molecule has 0 saturated heterocycles. The van der Waals surface area contributed by atoms with Crippen molar-refractivity contribution < 1.29 is 24.2 Å². The molecule has 4 rings (SSSR count). The van der Waals surface area contributed by atoms with E-state index in [0.29, 0.717) is 5.56 Å². The predicted octanol–water partition coefficient (Wildman–Crippen LogP) is 4.02. The number of amides is 2. The molecule has 1 atom stereocenters. The summed E-state index contributed by atoms with van der Waals surface area (Å²) in [5.74, 6) is -1.78. The maximum Gasteiger partial charge on any atom is 0.407 e. The minimum atomic E-state index is -1.16. The molecule has 1 aliphatic rings. The fourth-order valence-corrected chi connectivity index (χ4v) is 4.08. The van der Waals surface area contributed by atoms with E-state index in [-0.39, 0.29) is 19.1 Å². The summed E-state index contributed by atoms with van der Waals surface area (Å²) in [5.41, 5.74) is 5.01. The van der Waals surface area contributed by atoms with E-state index in [9.17, 15) is 19.5 Å². The SMILES string of the molecule is O=C(/C=C/CNC(=O)OCC1c2ccccc2-c2ccccc21)NC(C(=O)O)c1ccccc1. The van der Waals surface area contributed by atoms with E-state index in [4.69, 9.17) is 4.74 Å². The van der Waals surface area contributed by atoms with Crippen molar-refractivity contribution in [2.24, 2.45) is 0 Å². The topological polar surface area (TPSA) is 105 Å². The first kappa shape index (κ1) is 22.8. The summed E-state index contributed by atoms with van der Waals surface area (Å²) in [4.78, 5) is 35.8. The number of hydrogen-bond donors (Lipinski definition) is 3. The van der Waals surface area contributed by atoms with Gasteiger partial charge in [0.2, 0.25) is 5.91 Å². The van der Waals surface area contributed by atoms with Crippen LogP contribution in [0.1, 0.15) is 28.7 Å². The highest BCUT2D eigenvalue weighted by atomic mass is 16.5. The number of nitrogens with one attached hydrogen (secondary N) is 2. The van der Waals surface area contributed by atoms with Crippen LogP contribution in [0.5, 0.6) is 0 Å². The summed E-state index contributed by atoms with van der Waals surface area (Å²) in [6.45, 7) is 0.259. The van der Waals surface area contributed by atoms with Crippen LogP contribution in [-0.2, 0) is 14.3 Å². The third kappa shape index (κ3) is 5.15. The van der Waals surface area contributed by atoms with Crippen LogP contribution in [-0.4, -0.2) is 36.2 Å². The van der Waals surface area contributed by atoms with Gasteiger partial charge in [-0.3, -0.25) is 4.79 Å². The summed E-state index contributed by atoms with van der Waals surface area (Å²) in [6, 6.07) is 23.4. The van der Waals surface area contributed by atoms with Crippen LogP contribution in [0.15, 0.2) is 91.0 Å². The molecule has 0 aromatic heterocycles. The van der Waals surface area contributed by atoms with E-state index in [1.165, 1.54) is 12.2 Å². The average molecular weight is 456 g/mol. The molecule has 7 heteroatoms. The van der Waals surface area contributed by atoms with Crippen molar-refractivity contribution in [1.82, 2.24) is 10.6 Å². The van der Waals surface area contributed by atoms with Crippen molar-refractivity contribution in [3.8, 4) is 11.1 Å². The first-order chi connectivity index (χ1) is 16.5. The zero-order valence-corrected chi connectivity index (χ0v) is 18.3. The molecule has 34 heavy (non-hydrogen) atoms. The molecule has 0 bridgehead atoms. The predicted molar refractivity (Wildman–Crippen MR) is 127 cm³/mol. The van der Waals surface area contributed by atoms with Gasteiger partial charge < -0.3 is 20.5 Å². The highest BCUT2D eigenvalue weighted by molar-refractivity contribution is 5.91. The molecule has 2 amide bonds. The van der Waals surface area contributed by atoms with Gasteiger partial charge in [-0.2, -0.15) is 0 Å². The van der Waals surface area contributed by atoms with Gasteiger partial charge in [0.15, 0.2) is 6.04 Å². The van der Waals surface area contributed by atoms with Gasteiger partial charge in [0.1, 0.15) is 6.61 Å². The normalized spacial score (nSPS) is 13.1. The van der Waals surface area contributed by atoms with Crippen molar-refractivity contribution >= 4 is 18.0 Å². The molecule has 3 aromatic rings. The highest BCUT2D eigenvalue weighted by Gasteiger charge is 2.29. The van der Waals surface area contributed by atoms with Gasteiger partial charge >= 0.3 is 12.1 Å². The Labute approximate surface area is 197 Å². The second-order valence-electron chi connectivity index (χ2n) is 7.80. The summed E-state index contributed by atoms with van der Waals surface area (Å²) in [6.07, 6.45) is 2.02. The molecule has 1 unspecified atom stereocenters. The second-order valence-corrected chi connectivity index (χ2v) is 7.80. The number of alkyl carbamates (subject to hydrolysis) is 1. The Morgan fingerprint density at radius 2 is 1.47 bits per heavy atom. The molecule has 0 saturated carbocycles. The second kappa shape index (κ2) is 10.5. The molecule has 3 N–H and O–H groups in total. The number of benzene rings is 3. The van der Waals surface area contributed by atoms with Crippen LogP contribution in [0, 0.1) is 0 Å². The number of hydrogen-bond acceptors (Lipinski definition) is 4. The zero-order valence-electron chi connectivity index (χ0n) is 18.3. The maximum atomic E-state index is 12.2. The van der Waals surface area contributed by atoms with E-state index < -0.39 is 24.0 Å². The van der Waals surface area contributed by atoms with Crippen LogP contribution >= 0.6 is 0 Å². The first-order valence-electron chi connectivity index (χ1n) is 10.9. The first-order valence-corrected chi connectivity index (χ1v) is 10.9. The van der Waals surface area contributed by atoms with Crippen molar-refractivity contribution in [3.63, 3.8) is 0 Å². The molecule has 0 radical (unpaired) electrons. The molecule has 172 valence electrons. The standard InChI is InChI=1S/C27H24N2O5/c30-24(29-25(26(31)32)18-9-2-1-3-10-18)15-8-16-28-27(33)34-17-23-21-13-6-4-11-19(21)20-12-5-7-14-22(20)23/h1-15,23,25H,16-17H2,(H,28,33)(H,29,30)(H,31,32)/b15-8+. The monoisotopic (exact) mass is 456 g/mol. The Kier molecular flexibility index (Phi) is 7.03. The van der Waals surface area contributed by atoms with Crippen LogP contribution < -0.4 is 10.6 Å². The number of carbonyl (C=O) groups excluding carboxylic acids is 2. The number of rotatable bonds is 8. The largest absolute Gasteiger partial charge is 0.479 e. The molecule has 7 nitrogen and oxygen atoms in total.